The predicted molar refractivity (Wildman–Crippen MR) is 74.7 cm³/mol. The van der Waals surface area contributed by atoms with Crippen molar-refractivity contribution >= 4 is 5.91 Å². The number of nitrogens with one attached hydrogen (secondary N) is 2. The van der Waals surface area contributed by atoms with Crippen LogP contribution in [0.15, 0.2) is 12.3 Å². The van der Waals surface area contributed by atoms with E-state index in [-0.39, 0.29) is 11.3 Å². The average Bonchev–Trinajstić information content (AvgIpc) is 2.98. The summed E-state index contributed by atoms with van der Waals surface area (Å²) >= 11 is 0. The van der Waals surface area contributed by atoms with Crippen LogP contribution >= 0.6 is 0 Å². The second-order valence-electron chi connectivity index (χ2n) is 5.72. The molecule has 1 saturated heterocycles. The standard InChI is InChI=1S/C14H24N4O/c1-11(2)14(6-8-15-10-14)13(19)16-7-4-12-5-9-18(3)17-12/h5,9,11,15H,4,6-8,10H2,1-3H3,(H,16,19). The molecule has 2 rings (SSSR count). The second kappa shape index (κ2) is 5.74. The highest BCUT2D eigenvalue weighted by Crippen LogP contribution is 2.34. The first-order valence-electron chi connectivity index (χ1n) is 7.02. The second-order valence-corrected chi connectivity index (χ2v) is 5.72. The molecule has 1 unspecified atom stereocenters. The molecule has 2 heterocycles. The minimum Gasteiger partial charge on any atom is -0.355 e. The molecule has 1 aromatic heterocycles. The molecule has 5 nitrogen and oxygen atoms in total. The number of carbonyl (C=O) groups is 1. The highest BCUT2D eigenvalue weighted by atomic mass is 16.2. The Hall–Kier alpha value is -1.36. The molecule has 1 aliphatic heterocycles. The summed E-state index contributed by atoms with van der Waals surface area (Å²) in [5.74, 6) is 0.542. The van der Waals surface area contributed by atoms with Gasteiger partial charge in [0.1, 0.15) is 0 Å². The highest BCUT2D eigenvalue weighted by Gasteiger charge is 2.43. The van der Waals surface area contributed by atoms with Gasteiger partial charge in [-0.2, -0.15) is 5.10 Å². The number of aromatic nitrogens is 2. The maximum Gasteiger partial charge on any atom is 0.227 e. The molecule has 0 aromatic carbocycles. The predicted octanol–water partition coefficient (Wildman–Crippen LogP) is 0.715. The van der Waals surface area contributed by atoms with Crippen molar-refractivity contribution < 1.29 is 4.79 Å². The summed E-state index contributed by atoms with van der Waals surface area (Å²) in [6, 6.07) is 1.99. The molecular weight excluding hydrogens is 240 g/mol. The van der Waals surface area contributed by atoms with Crippen LogP contribution in [0.5, 0.6) is 0 Å². The fourth-order valence-corrected chi connectivity index (χ4v) is 2.74. The van der Waals surface area contributed by atoms with Gasteiger partial charge in [0, 0.05) is 32.8 Å². The maximum atomic E-state index is 12.4. The van der Waals surface area contributed by atoms with Crippen LogP contribution in [-0.4, -0.2) is 35.3 Å². The Morgan fingerprint density at radius 2 is 2.42 bits per heavy atom. The van der Waals surface area contributed by atoms with Crippen molar-refractivity contribution in [1.29, 1.82) is 0 Å². The van der Waals surface area contributed by atoms with Gasteiger partial charge in [-0.15, -0.1) is 0 Å². The van der Waals surface area contributed by atoms with Crippen molar-refractivity contribution in [1.82, 2.24) is 20.4 Å². The van der Waals surface area contributed by atoms with E-state index in [9.17, 15) is 4.79 Å². The monoisotopic (exact) mass is 264 g/mol. The Labute approximate surface area is 114 Å². The third kappa shape index (κ3) is 2.97. The summed E-state index contributed by atoms with van der Waals surface area (Å²) in [6.07, 6.45) is 3.64. The van der Waals surface area contributed by atoms with E-state index in [1.54, 1.807) is 4.68 Å². The highest BCUT2D eigenvalue weighted by molar-refractivity contribution is 5.83. The minimum atomic E-state index is -0.232. The van der Waals surface area contributed by atoms with Crippen molar-refractivity contribution in [2.45, 2.75) is 26.7 Å². The zero-order valence-electron chi connectivity index (χ0n) is 12.1. The summed E-state index contributed by atoms with van der Waals surface area (Å²) in [7, 11) is 1.90. The summed E-state index contributed by atoms with van der Waals surface area (Å²) in [5.41, 5.74) is 0.787. The van der Waals surface area contributed by atoms with Gasteiger partial charge in [0.25, 0.3) is 0 Å². The molecule has 0 radical (unpaired) electrons. The van der Waals surface area contributed by atoms with Gasteiger partial charge in [0.05, 0.1) is 11.1 Å². The summed E-state index contributed by atoms with van der Waals surface area (Å²) in [4.78, 5) is 12.4. The Morgan fingerprint density at radius 3 is 2.95 bits per heavy atom. The van der Waals surface area contributed by atoms with E-state index in [0.717, 1.165) is 31.6 Å². The zero-order valence-corrected chi connectivity index (χ0v) is 12.1. The molecule has 0 saturated carbocycles. The molecule has 0 spiro atoms. The van der Waals surface area contributed by atoms with Gasteiger partial charge in [-0.3, -0.25) is 9.48 Å². The first-order chi connectivity index (χ1) is 9.04. The number of carbonyl (C=O) groups excluding carboxylic acids is 1. The molecule has 5 heteroatoms. The number of rotatable bonds is 5. The molecule has 0 aliphatic carbocycles. The van der Waals surface area contributed by atoms with Crippen molar-refractivity contribution in [3.05, 3.63) is 18.0 Å². The molecule has 2 N–H and O–H groups in total. The van der Waals surface area contributed by atoms with Crippen LogP contribution in [0.4, 0.5) is 0 Å². The van der Waals surface area contributed by atoms with E-state index in [0.29, 0.717) is 12.5 Å². The topological polar surface area (TPSA) is 59.0 Å². The normalized spacial score (nSPS) is 22.9. The van der Waals surface area contributed by atoms with Gasteiger partial charge in [0.15, 0.2) is 0 Å². The van der Waals surface area contributed by atoms with E-state index >= 15 is 0 Å². The van der Waals surface area contributed by atoms with Crippen LogP contribution in [-0.2, 0) is 18.3 Å². The molecular formula is C14H24N4O. The van der Waals surface area contributed by atoms with Crippen LogP contribution in [0.3, 0.4) is 0 Å². The smallest absolute Gasteiger partial charge is 0.227 e. The SMILES string of the molecule is CC(C)C1(C(=O)NCCc2ccn(C)n2)CCNC1. The quantitative estimate of drug-likeness (QED) is 0.823. The molecule has 1 amide bonds. The van der Waals surface area contributed by atoms with Gasteiger partial charge in [0.2, 0.25) is 5.91 Å². The Morgan fingerprint density at radius 1 is 1.63 bits per heavy atom. The number of nitrogens with zero attached hydrogens (tertiary/aromatic N) is 2. The third-order valence-corrected chi connectivity index (χ3v) is 4.18. The Kier molecular flexibility index (Phi) is 4.24. The zero-order chi connectivity index (χ0) is 13.9. The van der Waals surface area contributed by atoms with E-state index in [1.807, 2.05) is 19.3 Å². The lowest BCUT2D eigenvalue weighted by atomic mass is 9.75. The lowest BCUT2D eigenvalue weighted by Crippen LogP contribution is -2.46. The summed E-state index contributed by atoms with van der Waals surface area (Å²) in [5, 5.41) is 10.7. The van der Waals surface area contributed by atoms with Crippen LogP contribution in [0.2, 0.25) is 0 Å². The number of aryl methyl sites for hydroxylation is 1. The summed E-state index contributed by atoms with van der Waals surface area (Å²) in [6.45, 7) is 6.65. The van der Waals surface area contributed by atoms with Crippen LogP contribution in [0.25, 0.3) is 0 Å². The first-order valence-corrected chi connectivity index (χ1v) is 7.02. The van der Waals surface area contributed by atoms with Crippen molar-refractivity contribution in [2.24, 2.45) is 18.4 Å². The van der Waals surface area contributed by atoms with E-state index in [4.69, 9.17) is 0 Å². The molecule has 1 fully saturated rings. The molecule has 1 aromatic rings. The largest absolute Gasteiger partial charge is 0.355 e. The van der Waals surface area contributed by atoms with E-state index in [1.165, 1.54) is 0 Å². The number of hydrogen-bond donors (Lipinski definition) is 2. The van der Waals surface area contributed by atoms with E-state index in [2.05, 4.69) is 29.6 Å². The van der Waals surface area contributed by atoms with Gasteiger partial charge >= 0.3 is 0 Å². The van der Waals surface area contributed by atoms with Gasteiger partial charge < -0.3 is 10.6 Å². The average molecular weight is 264 g/mol. The van der Waals surface area contributed by atoms with Crippen molar-refractivity contribution in [3.8, 4) is 0 Å². The molecule has 106 valence electrons. The lowest BCUT2D eigenvalue weighted by Gasteiger charge is -2.31. The number of hydrogen-bond acceptors (Lipinski definition) is 3. The number of amides is 1. The molecule has 19 heavy (non-hydrogen) atoms. The fraction of sp³-hybridized carbons (Fsp3) is 0.714. The lowest BCUT2D eigenvalue weighted by molar-refractivity contribution is -0.132. The maximum absolute atomic E-state index is 12.4. The fourth-order valence-electron chi connectivity index (χ4n) is 2.74. The Balaban J connectivity index is 1.86. The van der Waals surface area contributed by atoms with E-state index < -0.39 is 0 Å². The van der Waals surface area contributed by atoms with Gasteiger partial charge in [-0.05, 0) is 24.9 Å². The Bertz CT molecular complexity index is 432. The third-order valence-electron chi connectivity index (χ3n) is 4.18. The van der Waals surface area contributed by atoms with Crippen molar-refractivity contribution in [3.63, 3.8) is 0 Å². The molecule has 0 bridgehead atoms. The molecule has 1 atom stereocenters. The van der Waals surface area contributed by atoms with Crippen LogP contribution < -0.4 is 10.6 Å². The summed E-state index contributed by atoms with van der Waals surface area (Å²) < 4.78 is 1.79. The van der Waals surface area contributed by atoms with Gasteiger partial charge in [-0.1, -0.05) is 13.8 Å². The first kappa shape index (κ1) is 14.1. The van der Waals surface area contributed by atoms with Gasteiger partial charge in [-0.25, -0.2) is 0 Å². The van der Waals surface area contributed by atoms with Crippen LogP contribution in [0.1, 0.15) is 26.0 Å². The minimum absolute atomic E-state index is 0.184. The molecule has 1 aliphatic rings. The van der Waals surface area contributed by atoms with Crippen molar-refractivity contribution in [2.75, 3.05) is 19.6 Å². The van der Waals surface area contributed by atoms with Crippen LogP contribution in [0, 0.1) is 11.3 Å².